The van der Waals surface area contributed by atoms with Crippen LogP contribution in [0.2, 0.25) is 5.02 Å². The number of aliphatic hydroxyl groups excluding tert-OH is 1. The summed E-state index contributed by atoms with van der Waals surface area (Å²) in [4.78, 5) is 0. The van der Waals surface area contributed by atoms with Crippen molar-refractivity contribution in [2.24, 2.45) is 0 Å². The van der Waals surface area contributed by atoms with E-state index in [1.54, 1.807) is 0 Å². The number of halogens is 1. The van der Waals surface area contributed by atoms with Crippen molar-refractivity contribution in [2.75, 3.05) is 13.1 Å². The van der Waals surface area contributed by atoms with E-state index in [-0.39, 0.29) is 12.0 Å². The maximum absolute atomic E-state index is 9.83. The number of hydrogen-bond acceptors (Lipinski definition) is 2. The van der Waals surface area contributed by atoms with E-state index in [4.69, 9.17) is 11.6 Å². The van der Waals surface area contributed by atoms with Crippen LogP contribution in [0.3, 0.4) is 0 Å². The zero-order chi connectivity index (χ0) is 9.97. The molecular formula is C11H14ClNO. The molecule has 1 aliphatic rings. The number of aliphatic hydroxyl groups is 1. The van der Waals surface area contributed by atoms with Crippen molar-refractivity contribution in [1.29, 1.82) is 0 Å². The normalized spacial score (nSPS) is 27.6. The average molecular weight is 212 g/mol. The monoisotopic (exact) mass is 211 g/mol. The molecule has 0 radical (unpaired) electrons. The highest BCUT2D eigenvalue weighted by Crippen LogP contribution is 2.25. The van der Waals surface area contributed by atoms with Crippen molar-refractivity contribution < 1.29 is 5.11 Å². The Morgan fingerprint density at radius 1 is 1.43 bits per heavy atom. The second kappa shape index (κ2) is 4.30. The number of benzene rings is 1. The fourth-order valence-electron chi connectivity index (χ4n) is 1.92. The third-order valence-corrected chi connectivity index (χ3v) is 2.96. The summed E-state index contributed by atoms with van der Waals surface area (Å²) >= 11 is 5.91. The molecule has 0 saturated carbocycles. The van der Waals surface area contributed by atoms with Gasteiger partial charge in [0.05, 0.1) is 6.10 Å². The molecule has 1 saturated heterocycles. The predicted octanol–water partition coefficient (Wildman–Crippen LogP) is 1.78. The molecule has 2 atom stereocenters. The predicted molar refractivity (Wildman–Crippen MR) is 57.7 cm³/mol. The number of piperidine rings is 1. The van der Waals surface area contributed by atoms with Gasteiger partial charge in [0.25, 0.3) is 0 Å². The molecule has 0 bridgehead atoms. The molecule has 0 amide bonds. The summed E-state index contributed by atoms with van der Waals surface area (Å²) in [7, 11) is 0. The van der Waals surface area contributed by atoms with Crippen molar-refractivity contribution in [2.45, 2.75) is 18.4 Å². The van der Waals surface area contributed by atoms with Gasteiger partial charge in [-0.25, -0.2) is 0 Å². The van der Waals surface area contributed by atoms with Crippen molar-refractivity contribution in [1.82, 2.24) is 5.32 Å². The molecule has 0 spiro atoms. The van der Waals surface area contributed by atoms with Crippen LogP contribution in [0.5, 0.6) is 0 Å². The molecule has 1 aromatic rings. The highest BCUT2D eigenvalue weighted by atomic mass is 35.5. The van der Waals surface area contributed by atoms with Gasteiger partial charge in [-0.05, 0) is 30.7 Å². The lowest BCUT2D eigenvalue weighted by atomic mass is 9.89. The van der Waals surface area contributed by atoms with Gasteiger partial charge < -0.3 is 10.4 Å². The zero-order valence-electron chi connectivity index (χ0n) is 7.91. The van der Waals surface area contributed by atoms with Crippen molar-refractivity contribution in [3.8, 4) is 0 Å². The van der Waals surface area contributed by atoms with E-state index in [1.807, 2.05) is 24.3 Å². The van der Waals surface area contributed by atoms with E-state index >= 15 is 0 Å². The lowest BCUT2D eigenvalue weighted by Gasteiger charge is -2.28. The van der Waals surface area contributed by atoms with Gasteiger partial charge in [-0.2, -0.15) is 0 Å². The molecule has 2 rings (SSSR count). The third-order valence-electron chi connectivity index (χ3n) is 2.72. The van der Waals surface area contributed by atoms with Gasteiger partial charge in [0.15, 0.2) is 0 Å². The fourth-order valence-corrected chi connectivity index (χ4v) is 2.12. The van der Waals surface area contributed by atoms with Crippen molar-refractivity contribution in [3.63, 3.8) is 0 Å². The molecule has 0 aliphatic carbocycles. The summed E-state index contributed by atoms with van der Waals surface area (Å²) in [5.74, 6) is 0.183. The molecule has 1 aliphatic heterocycles. The Labute approximate surface area is 88.9 Å². The number of nitrogens with one attached hydrogen (secondary N) is 1. The number of hydrogen-bond donors (Lipinski definition) is 2. The minimum Gasteiger partial charge on any atom is -0.392 e. The van der Waals surface area contributed by atoms with Gasteiger partial charge >= 0.3 is 0 Å². The van der Waals surface area contributed by atoms with Gasteiger partial charge in [-0.1, -0.05) is 23.7 Å². The first kappa shape index (κ1) is 9.97. The average Bonchev–Trinajstić information content (AvgIpc) is 2.18. The van der Waals surface area contributed by atoms with Crippen LogP contribution in [0.4, 0.5) is 0 Å². The van der Waals surface area contributed by atoms with E-state index in [2.05, 4.69) is 5.32 Å². The van der Waals surface area contributed by atoms with Gasteiger partial charge in [0, 0.05) is 17.5 Å². The number of rotatable bonds is 1. The molecule has 2 nitrogen and oxygen atoms in total. The third kappa shape index (κ3) is 2.08. The Morgan fingerprint density at radius 2 is 2.29 bits per heavy atom. The molecule has 1 aromatic carbocycles. The summed E-state index contributed by atoms with van der Waals surface area (Å²) in [5.41, 5.74) is 1.12. The van der Waals surface area contributed by atoms with Crippen molar-refractivity contribution in [3.05, 3.63) is 34.9 Å². The Balaban J connectivity index is 2.20. The minimum absolute atomic E-state index is 0.183. The van der Waals surface area contributed by atoms with Crippen LogP contribution in [0.15, 0.2) is 24.3 Å². The van der Waals surface area contributed by atoms with E-state index in [9.17, 15) is 5.11 Å². The topological polar surface area (TPSA) is 32.3 Å². The van der Waals surface area contributed by atoms with Gasteiger partial charge in [-0.15, -0.1) is 0 Å². The van der Waals surface area contributed by atoms with Crippen LogP contribution in [0, 0.1) is 0 Å². The van der Waals surface area contributed by atoms with Crippen LogP contribution in [-0.2, 0) is 0 Å². The lowest BCUT2D eigenvalue weighted by molar-refractivity contribution is 0.114. The summed E-state index contributed by atoms with van der Waals surface area (Å²) < 4.78 is 0. The fraction of sp³-hybridized carbons (Fsp3) is 0.455. The van der Waals surface area contributed by atoms with Gasteiger partial charge in [-0.3, -0.25) is 0 Å². The quantitative estimate of drug-likeness (QED) is 0.742. The first-order valence-electron chi connectivity index (χ1n) is 4.91. The molecule has 76 valence electrons. The van der Waals surface area contributed by atoms with E-state index in [1.165, 1.54) is 0 Å². The Hall–Kier alpha value is -0.570. The SMILES string of the molecule is OC1CCNCC1c1cccc(Cl)c1. The first-order valence-corrected chi connectivity index (χ1v) is 5.29. The molecular weight excluding hydrogens is 198 g/mol. The van der Waals surface area contributed by atoms with Crippen LogP contribution < -0.4 is 5.32 Å². The summed E-state index contributed by atoms with van der Waals surface area (Å²) in [6.45, 7) is 1.74. The van der Waals surface area contributed by atoms with E-state index < -0.39 is 0 Å². The van der Waals surface area contributed by atoms with Crippen LogP contribution in [0.1, 0.15) is 17.9 Å². The van der Waals surface area contributed by atoms with Gasteiger partial charge in [0.2, 0.25) is 0 Å². The maximum atomic E-state index is 9.83. The van der Waals surface area contributed by atoms with Gasteiger partial charge in [0.1, 0.15) is 0 Å². The van der Waals surface area contributed by atoms with Crippen LogP contribution in [-0.4, -0.2) is 24.3 Å². The molecule has 1 heterocycles. The molecule has 1 fully saturated rings. The lowest BCUT2D eigenvalue weighted by Crippen LogP contribution is -2.38. The Kier molecular flexibility index (Phi) is 3.06. The van der Waals surface area contributed by atoms with E-state index in [0.717, 1.165) is 30.1 Å². The molecule has 3 heteroatoms. The van der Waals surface area contributed by atoms with Crippen LogP contribution in [0.25, 0.3) is 0 Å². The molecule has 2 N–H and O–H groups in total. The highest BCUT2D eigenvalue weighted by Gasteiger charge is 2.24. The molecule has 14 heavy (non-hydrogen) atoms. The molecule has 2 unspecified atom stereocenters. The standard InChI is InChI=1S/C11H14ClNO/c12-9-3-1-2-8(6-9)10-7-13-5-4-11(10)14/h1-3,6,10-11,13-14H,4-5,7H2. The largest absolute Gasteiger partial charge is 0.392 e. The van der Waals surface area contributed by atoms with Crippen LogP contribution >= 0.6 is 11.6 Å². The zero-order valence-corrected chi connectivity index (χ0v) is 8.67. The van der Waals surface area contributed by atoms with E-state index in [0.29, 0.717) is 0 Å². The summed E-state index contributed by atoms with van der Waals surface area (Å²) in [6, 6.07) is 7.74. The maximum Gasteiger partial charge on any atom is 0.0633 e. The smallest absolute Gasteiger partial charge is 0.0633 e. The summed E-state index contributed by atoms with van der Waals surface area (Å²) in [6.07, 6.45) is 0.576. The Morgan fingerprint density at radius 3 is 3.00 bits per heavy atom. The molecule has 0 aromatic heterocycles. The second-order valence-electron chi connectivity index (χ2n) is 3.72. The second-order valence-corrected chi connectivity index (χ2v) is 4.16. The summed E-state index contributed by atoms with van der Waals surface area (Å²) in [5, 5.41) is 13.8. The minimum atomic E-state index is -0.241. The first-order chi connectivity index (χ1) is 6.77. The van der Waals surface area contributed by atoms with Crippen molar-refractivity contribution >= 4 is 11.6 Å². The highest BCUT2D eigenvalue weighted by molar-refractivity contribution is 6.30. The Bertz CT molecular complexity index is 316.